The number of anilines is 1. The monoisotopic (exact) mass is 453 g/mol. The van der Waals surface area contributed by atoms with Gasteiger partial charge in [-0.2, -0.15) is 5.26 Å². The van der Waals surface area contributed by atoms with Crippen molar-refractivity contribution in [2.45, 2.75) is 6.92 Å². The predicted molar refractivity (Wildman–Crippen MR) is 140 cm³/mol. The molecule has 0 fully saturated rings. The van der Waals surface area contributed by atoms with Gasteiger partial charge in [-0.25, -0.2) is 0 Å². The van der Waals surface area contributed by atoms with Gasteiger partial charge in [-0.05, 0) is 54.4 Å². The molecule has 4 heteroatoms. The maximum Gasteiger partial charge on any atom is 0.258 e. The summed E-state index contributed by atoms with van der Waals surface area (Å²) in [5.41, 5.74) is 7.40. The Kier molecular flexibility index (Phi) is 5.98. The normalized spacial score (nSPS) is 10.5. The van der Waals surface area contributed by atoms with Crippen LogP contribution in [0.15, 0.2) is 115 Å². The molecule has 5 aromatic rings. The molecule has 1 amide bonds. The van der Waals surface area contributed by atoms with E-state index in [1.165, 1.54) is 0 Å². The topological polar surface area (TPSA) is 57.8 Å². The highest BCUT2D eigenvalue weighted by Crippen LogP contribution is 2.41. The number of hydrogen-bond donors (Lipinski definition) is 1. The molecule has 0 aliphatic heterocycles. The zero-order valence-electron chi connectivity index (χ0n) is 19.3. The molecule has 0 spiro atoms. The molecule has 1 N–H and O–H groups in total. The van der Waals surface area contributed by atoms with E-state index < -0.39 is 0 Å². The van der Waals surface area contributed by atoms with E-state index in [0.717, 1.165) is 39.5 Å². The van der Waals surface area contributed by atoms with Crippen LogP contribution in [0, 0.1) is 18.3 Å². The number of para-hydroxylation sites is 1. The van der Waals surface area contributed by atoms with Crippen LogP contribution in [-0.4, -0.2) is 10.5 Å². The summed E-state index contributed by atoms with van der Waals surface area (Å²) in [7, 11) is 0. The third-order valence-corrected chi connectivity index (χ3v) is 6.03. The first kappa shape index (κ1) is 21.9. The summed E-state index contributed by atoms with van der Waals surface area (Å²) < 4.78 is 2.11. The van der Waals surface area contributed by atoms with Crippen LogP contribution in [0.25, 0.3) is 28.1 Å². The summed E-state index contributed by atoms with van der Waals surface area (Å²) in [5.74, 6) is -0.169. The van der Waals surface area contributed by atoms with Gasteiger partial charge in [-0.3, -0.25) is 4.79 Å². The molecule has 168 valence electrons. The Morgan fingerprint density at radius 3 is 1.86 bits per heavy atom. The average Bonchev–Trinajstić information content (AvgIpc) is 3.23. The van der Waals surface area contributed by atoms with Crippen LogP contribution >= 0.6 is 0 Å². The molecule has 0 atom stereocenters. The minimum atomic E-state index is -0.169. The number of carbonyl (C=O) groups excluding carboxylic acids is 1. The second kappa shape index (κ2) is 9.54. The summed E-state index contributed by atoms with van der Waals surface area (Å²) in [6.07, 6.45) is 0. The molecule has 5 rings (SSSR count). The molecule has 0 aliphatic carbocycles. The maximum atomic E-state index is 13.8. The molecule has 4 nitrogen and oxygen atoms in total. The van der Waals surface area contributed by atoms with E-state index in [-0.39, 0.29) is 5.91 Å². The number of carbonyl (C=O) groups is 1. The van der Waals surface area contributed by atoms with E-state index in [9.17, 15) is 10.1 Å². The van der Waals surface area contributed by atoms with E-state index in [1.54, 1.807) is 12.1 Å². The molecule has 4 aromatic carbocycles. The van der Waals surface area contributed by atoms with Gasteiger partial charge in [-0.15, -0.1) is 0 Å². The van der Waals surface area contributed by atoms with Gasteiger partial charge in [0.1, 0.15) is 0 Å². The molecule has 0 saturated heterocycles. The average molecular weight is 454 g/mol. The number of nitrogens with one attached hydrogen (secondary N) is 1. The third-order valence-electron chi connectivity index (χ3n) is 6.03. The first-order valence-electron chi connectivity index (χ1n) is 11.4. The van der Waals surface area contributed by atoms with E-state index >= 15 is 0 Å². The Morgan fingerprint density at radius 2 is 1.29 bits per heavy atom. The number of amides is 1. The zero-order valence-corrected chi connectivity index (χ0v) is 19.3. The van der Waals surface area contributed by atoms with Gasteiger partial charge in [0, 0.05) is 22.6 Å². The summed E-state index contributed by atoms with van der Waals surface area (Å²) in [4.78, 5) is 13.8. The van der Waals surface area contributed by atoms with Crippen molar-refractivity contribution in [3.05, 3.63) is 132 Å². The lowest BCUT2D eigenvalue weighted by Gasteiger charge is -2.14. The van der Waals surface area contributed by atoms with Crippen molar-refractivity contribution in [1.29, 1.82) is 5.26 Å². The van der Waals surface area contributed by atoms with E-state index in [2.05, 4.69) is 28.1 Å². The quantitative estimate of drug-likeness (QED) is 0.305. The highest BCUT2D eigenvalue weighted by Gasteiger charge is 2.27. The van der Waals surface area contributed by atoms with Crippen molar-refractivity contribution in [3.63, 3.8) is 0 Å². The number of aromatic nitrogens is 1. The van der Waals surface area contributed by atoms with Crippen molar-refractivity contribution >= 4 is 11.6 Å². The fraction of sp³-hybridized carbons (Fsp3) is 0.0323. The van der Waals surface area contributed by atoms with E-state index in [1.807, 2.05) is 97.9 Å². The Bertz CT molecular complexity index is 1510. The number of benzene rings is 4. The van der Waals surface area contributed by atoms with Gasteiger partial charge in [0.2, 0.25) is 0 Å². The van der Waals surface area contributed by atoms with Crippen molar-refractivity contribution < 1.29 is 4.79 Å². The largest absolute Gasteiger partial charge is 0.322 e. The summed E-state index contributed by atoms with van der Waals surface area (Å²) in [6, 6.07) is 39.2. The van der Waals surface area contributed by atoms with E-state index in [0.29, 0.717) is 11.1 Å². The van der Waals surface area contributed by atoms with Crippen molar-refractivity contribution in [2.75, 3.05) is 5.32 Å². The fourth-order valence-electron chi connectivity index (χ4n) is 4.45. The van der Waals surface area contributed by atoms with Gasteiger partial charge < -0.3 is 9.88 Å². The van der Waals surface area contributed by atoms with Crippen LogP contribution in [0.3, 0.4) is 0 Å². The lowest BCUT2D eigenvalue weighted by molar-refractivity contribution is 0.102. The van der Waals surface area contributed by atoms with Crippen molar-refractivity contribution in [1.82, 2.24) is 4.57 Å². The molecule has 1 heterocycles. The fourth-order valence-corrected chi connectivity index (χ4v) is 4.45. The van der Waals surface area contributed by atoms with Gasteiger partial charge >= 0.3 is 0 Å². The smallest absolute Gasteiger partial charge is 0.258 e. The molecular weight excluding hydrogens is 430 g/mol. The van der Waals surface area contributed by atoms with Gasteiger partial charge in [0.15, 0.2) is 0 Å². The highest BCUT2D eigenvalue weighted by molar-refractivity contribution is 6.12. The van der Waals surface area contributed by atoms with Crippen LogP contribution < -0.4 is 5.32 Å². The molecule has 0 bridgehead atoms. The molecule has 1 aromatic heterocycles. The molecule has 0 aliphatic rings. The molecule has 35 heavy (non-hydrogen) atoms. The first-order valence-corrected chi connectivity index (χ1v) is 11.4. The second-order valence-electron chi connectivity index (χ2n) is 8.23. The number of hydrogen-bond acceptors (Lipinski definition) is 2. The van der Waals surface area contributed by atoms with Crippen molar-refractivity contribution in [2.24, 2.45) is 0 Å². The lowest BCUT2D eigenvalue weighted by Crippen LogP contribution is -2.14. The summed E-state index contributed by atoms with van der Waals surface area (Å²) >= 11 is 0. The standard InChI is InChI=1S/C31H23N3O/c1-22-28(31(35)33-26-15-9-4-10-16-26)29(24-11-5-2-6-12-24)30(25-13-7-3-8-14-25)34(22)27-19-17-23(21-32)18-20-27/h2-20H,1H3,(H,33,35). The van der Waals surface area contributed by atoms with Crippen LogP contribution in [0.2, 0.25) is 0 Å². The third kappa shape index (κ3) is 4.23. The minimum Gasteiger partial charge on any atom is -0.322 e. The zero-order chi connectivity index (χ0) is 24.2. The second-order valence-corrected chi connectivity index (χ2v) is 8.23. The summed E-state index contributed by atoms with van der Waals surface area (Å²) in [6.45, 7) is 1.97. The van der Waals surface area contributed by atoms with Gasteiger partial charge in [-0.1, -0.05) is 78.9 Å². The van der Waals surface area contributed by atoms with Gasteiger partial charge in [0.25, 0.3) is 5.91 Å². The highest BCUT2D eigenvalue weighted by atomic mass is 16.1. The van der Waals surface area contributed by atoms with E-state index in [4.69, 9.17) is 0 Å². The van der Waals surface area contributed by atoms with Gasteiger partial charge in [0.05, 0.1) is 22.9 Å². The Labute approximate surface area is 204 Å². The SMILES string of the molecule is Cc1c(C(=O)Nc2ccccc2)c(-c2ccccc2)c(-c2ccccc2)n1-c1ccc(C#N)cc1. The summed E-state index contributed by atoms with van der Waals surface area (Å²) in [5, 5.41) is 12.4. The maximum absolute atomic E-state index is 13.8. The Morgan fingerprint density at radius 1 is 0.743 bits per heavy atom. The van der Waals surface area contributed by atoms with Crippen LogP contribution in [0.1, 0.15) is 21.6 Å². The first-order chi connectivity index (χ1) is 17.2. The Hall–Kier alpha value is -4.88. The van der Waals surface area contributed by atoms with Crippen molar-refractivity contribution in [3.8, 4) is 34.1 Å². The number of rotatable bonds is 5. The van der Waals surface area contributed by atoms with Crippen LogP contribution in [0.5, 0.6) is 0 Å². The van der Waals surface area contributed by atoms with Crippen LogP contribution in [0.4, 0.5) is 5.69 Å². The molecule has 0 saturated carbocycles. The molecule has 0 unspecified atom stereocenters. The predicted octanol–water partition coefficient (Wildman–Crippen LogP) is 7.24. The lowest BCUT2D eigenvalue weighted by atomic mass is 9.96. The number of nitriles is 1. The van der Waals surface area contributed by atoms with Crippen LogP contribution in [-0.2, 0) is 0 Å². The minimum absolute atomic E-state index is 0.169. The number of nitrogens with zero attached hydrogens (tertiary/aromatic N) is 2. The molecule has 0 radical (unpaired) electrons. The molecular formula is C31H23N3O. The Balaban J connectivity index is 1.81.